The molecule has 5 nitrogen and oxygen atoms in total. The molecule has 0 saturated heterocycles. The summed E-state index contributed by atoms with van der Waals surface area (Å²) < 4.78 is 0. The van der Waals surface area contributed by atoms with Gasteiger partial charge in [-0.25, -0.2) is 0 Å². The summed E-state index contributed by atoms with van der Waals surface area (Å²) in [6, 6.07) is 8.65. The summed E-state index contributed by atoms with van der Waals surface area (Å²) in [4.78, 5) is 23.0. The third kappa shape index (κ3) is 5.01. The molecule has 5 heteroatoms. The van der Waals surface area contributed by atoms with E-state index in [0.717, 1.165) is 0 Å². The van der Waals surface area contributed by atoms with Crippen LogP contribution in [0.15, 0.2) is 30.3 Å². The van der Waals surface area contributed by atoms with Crippen molar-refractivity contribution in [3.05, 3.63) is 35.9 Å². The quantitative estimate of drug-likeness (QED) is 0.702. The van der Waals surface area contributed by atoms with Gasteiger partial charge in [0.05, 0.1) is 5.92 Å². The highest BCUT2D eigenvalue weighted by molar-refractivity contribution is 5.80. The number of amides is 1. The molecule has 0 saturated carbocycles. The Hall–Kier alpha value is -1.88. The Morgan fingerprint density at radius 1 is 1.25 bits per heavy atom. The predicted octanol–water partition coefficient (Wildman–Crippen LogP) is 1.34. The Kier molecular flexibility index (Phi) is 6.18. The fourth-order valence-electron chi connectivity index (χ4n) is 1.77. The van der Waals surface area contributed by atoms with Crippen molar-refractivity contribution in [3.63, 3.8) is 0 Å². The van der Waals surface area contributed by atoms with Crippen LogP contribution in [0.3, 0.4) is 0 Å². The van der Waals surface area contributed by atoms with E-state index in [1.807, 2.05) is 19.9 Å². The van der Waals surface area contributed by atoms with Gasteiger partial charge in [-0.3, -0.25) is 9.59 Å². The van der Waals surface area contributed by atoms with Crippen LogP contribution in [-0.2, 0) is 9.59 Å². The third-order valence-corrected chi connectivity index (χ3v) is 3.28. The molecule has 0 heterocycles. The number of hydrogen-bond donors (Lipinski definition) is 3. The summed E-state index contributed by atoms with van der Waals surface area (Å²) in [5, 5.41) is 11.9. The topological polar surface area (TPSA) is 92.4 Å². The summed E-state index contributed by atoms with van der Waals surface area (Å²) in [6.07, 6.45) is 0.207. The van der Waals surface area contributed by atoms with E-state index in [-0.39, 0.29) is 30.8 Å². The molecule has 0 bridgehead atoms. The molecule has 0 fully saturated rings. The molecule has 1 rings (SSSR count). The highest BCUT2D eigenvalue weighted by Crippen LogP contribution is 2.14. The van der Waals surface area contributed by atoms with Gasteiger partial charge in [0.25, 0.3) is 0 Å². The lowest BCUT2D eigenvalue weighted by Crippen LogP contribution is -2.37. The van der Waals surface area contributed by atoms with Crippen molar-refractivity contribution in [2.24, 2.45) is 11.7 Å². The lowest BCUT2D eigenvalue weighted by molar-refractivity contribution is -0.138. The van der Waals surface area contributed by atoms with Crippen LogP contribution in [0.2, 0.25) is 0 Å². The summed E-state index contributed by atoms with van der Waals surface area (Å²) in [7, 11) is 0. The Morgan fingerprint density at radius 2 is 1.85 bits per heavy atom. The average Bonchev–Trinajstić information content (AvgIpc) is 2.39. The molecule has 0 aromatic heterocycles. The number of nitrogens with two attached hydrogens (primary N) is 1. The Balaban J connectivity index is 2.57. The SMILES string of the molecule is CC(C)C(N)CC(=O)NCC(C(=O)O)c1ccccc1. The maximum Gasteiger partial charge on any atom is 0.312 e. The third-order valence-electron chi connectivity index (χ3n) is 3.28. The van der Waals surface area contributed by atoms with E-state index in [2.05, 4.69) is 5.32 Å². The molecule has 0 radical (unpaired) electrons. The first-order valence-electron chi connectivity index (χ1n) is 6.71. The molecule has 4 N–H and O–H groups in total. The van der Waals surface area contributed by atoms with Crippen molar-refractivity contribution in [3.8, 4) is 0 Å². The predicted molar refractivity (Wildman–Crippen MR) is 77.3 cm³/mol. The molecule has 1 amide bonds. The van der Waals surface area contributed by atoms with Crippen molar-refractivity contribution in [2.75, 3.05) is 6.54 Å². The van der Waals surface area contributed by atoms with E-state index in [1.165, 1.54) is 0 Å². The van der Waals surface area contributed by atoms with Crippen molar-refractivity contribution in [1.29, 1.82) is 0 Å². The minimum atomic E-state index is -0.954. The highest BCUT2D eigenvalue weighted by Gasteiger charge is 2.21. The maximum atomic E-state index is 11.7. The highest BCUT2D eigenvalue weighted by atomic mass is 16.4. The number of carbonyl (C=O) groups excluding carboxylic acids is 1. The zero-order valence-electron chi connectivity index (χ0n) is 11.9. The number of aliphatic carboxylic acids is 1. The van der Waals surface area contributed by atoms with Gasteiger partial charge in [-0.1, -0.05) is 44.2 Å². The number of benzene rings is 1. The fraction of sp³-hybridized carbons (Fsp3) is 0.467. The Morgan fingerprint density at radius 3 is 2.35 bits per heavy atom. The smallest absolute Gasteiger partial charge is 0.312 e. The zero-order chi connectivity index (χ0) is 15.1. The first-order chi connectivity index (χ1) is 9.41. The molecule has 0 spiro atoms. The summed E-state index contributed by atoms with van der Waals surface area (Å²) in [5.74, 6) is -1.70. The molecule has 2 unspecified atom stereocenters. The number of carboxylic acid groups (broad SMARTS) is 1. The normalized spacial score (nSPS) is 13.8. The minimum absolute atomic E-state index is 0.0724. The second-order valence-electron chi connectivity index (χ2n) is 5.22. The summed E-state index contributed by atoms with van der Waals surface area (Å²) in [6.45, 7) is 3.97. The molecule has 0 aliphatic heterocycles. The molecule has 1 aromatic rings. The molecule has 20 heavy (non-hydrogen) atoms. The number of carboxylic acids is 1. The van der Waals surface area contributed by atoms with E-state index in [1.54, 1.807) is 24.3 Å². The van der Waals surface area contributed by atoms with Crippen molar-refractivity contribution < 1.29 is 14.7 Å². The van der Waals surface area contributed by atoms with Gasteiger partial charge in [0, 0.05) is 19.0 Å². The lowest BCUT2D eigenvalue weighted by Gasteiger charge is -2.17. The fourth-order valence-corrected chi connectivity index (χ4v) is 1.77. The Labute approximate surface area is 119 Å². The van der Waals surface area contributed by atoms with E-state index in [0.29, 0.717) is 5.56 Å². The molecular weight excluding hydrogens is 256 g/mol. The lowest BCUT2D eigenvalue weighted by atomic mass is 9.98. The number of rotatable bonds is 7. The Bertz CT molecular complexity index is 446. The van der Waals surface area contributed by atoms with Gasteiger partial charge in [0.15, 0.2) is 0 Å². The molecule has 2 atom stereocenters. The maximum absolute atomic E-state index is 11.7. The standard InChI is InChI=1S/C15H22N2O3/c1-10(2)13(16)8-14(18)17-9-12(15(19)20)11-6-4-3-5-7-11/h3-7,10,12-13H,8-9,16H2,1-2H3,(H,17,18)(H,19,20). The number of carbonyl (C=O) groups is 2. The number of nitrogens with one attached hydrogen (secondary N) is 1. The van der Waals surface area contributed by atoms with E-state index in [9.17, 15) is 14.7 Å². The van der Waals surface area contributed by atoms with Gasteiger partial charge in [-0.15, -0.1) is 0 Å². The van der Waals surface area contributed by atoms with Crippen LogP contribution in [0.1, 0.15) is 31.7 Å². The van der Waals surface area contributed by atoms with Crippen LogP contribution in [-0.4, -0.2) is 29.6 Å². The molecule has 0 aliphatic rings. The first-order valence-corrected chi connectivity index (χ1v) is 6.71. The van der Waals surface area contributed by atoms with Gasteiger partial charge in [0.2, 0.25) is 5.91 Å². The molecule has 1 aromatic carbocycles. The van der Waals surface area contributed by atoms with Crippen molar-refractivity contribution in [1.82, 2.24) is 5.32 Å². The van der Waals surface area contributed by atoms with Gasteiger partial charge in [-0.2, -0.15) is 0 Å². The monoisotopic (exact) mass is 278 g/mol. The zero-order valence-corrected chi connectivity index (χ0v) is 11.9. The summed E-state index contributed by atoms with van der Waals surface area (Å²) in [5.41, 5.74) is 6.49. The largest absolute Gasteiger partial charge is 0.481 e. The number of hydrogen-bond acceptors (Lipinski definition) is 3. The van der Waals surface area contributed by atoms with Crippen LogP contribution in [0, 0.1) is 5.92 Å². The van der Waals surface area contributed by atoms with Gasteiger partial charge in [0.1, 0.15) is 0 Å². The summed E-state index contributed by atoms with van der Waals surface area (Å²) >= 11 is 0. The average molecular weight is 278 g/mol. The van der Waals surface area contributed by atoms with Crippen LogP contribution >= 0.6 is 0 Å². The van der Waals surface area contributed by atoms with Crippen LogP contribution in [0.5, 0.6) is 0 Å². The van der Waals surface area contributed by atoms with Crippen LogP contribution in [0.4, 0.5) is 0 Å². The second-order valence-corrected chi connectivity index (χ2v) is 5.22. The van der Waals surface area contributed by atoms with Crippen LogP contribution < -0.4 is 11.1 Å². The second kappa shape index (κ2) is 7.65. The van der Waals surface area contributed by atoms with E-state index in [4.69, 9.17) is 5.73 Å². The van der Waals surface area contributed by atoms with Gasteiger partial charge in [-0.05, 0) is 11.5 Å². The van der Waals surface area contributed by atoms with Crippen LogP contribution in [0.25, 0.3) is 0 Å². The van der Waals surface area contributed by atoms with Crippen molar-refractivity contribution >= 4 is 11.9 Å². The van der Waals surface area contributed by atoms with Gasteiger partial charge < -0.3 is 16.2 Å². The molecule has 0 aliphatic carbocycles. The molecular formula is C15H22N2O3. The van der Waals surface area contributed by atoms with E-state index >= 15 is 0 Å². The molecule has 110 valence electrons. The van der Waals surface area contributed by atoms with Crippen molar-refractivity contribution in [2.45, 2.75) is 32.2 Å². The minimum Gasteiger partial charge on any atom is -0.481 e. The first kappa shape index (κ1) is 16.2. The van der Waals surface area contributed by atoms with E-state index < -0.39 is 11.9 Å². The van der Waals surface area contributed by atoms with Gasteiger partial charge >= 0.3 is 5.97 Å².